The van der Waals surface area contributed by atoms with Crippen LogP contribution in [0.25, 0.3) is 0 Å². The highest BCUT2D eigenvalue weighted by Crippen LogP contribution is 2.27. The van der Waals surface area contributed by atoms with Crippen molar-refractivity contribution in [3.8, 4) is 0 Å². The third kappa shape index (κ3) is 3.58. The fraction of sp³-hybridized carbons (Fsp3) is 0.333. The fourth-order valence-electron chi connectivity index (χ4n) is 3.09. The number of amides is 2. The summed E-state index contributed by atoms with van der Waals surface area (Å²) in [6.07, 6.45) is 0.254. The highest BCUT2D eigenvalue weighted by atomic mass is 16.2. The standard InChI is InChI=1S/C21H24N2O2/c1-13-5-7-18(9-15(13)3)22-21(25)17-11-20(24)23(12-17)19-8-6-14(2)16(4)10-19/h5-10,17H,11-12H2,1-4H3,(H,22,25)/t17-/m1/s1. The van der Waals surface area contributed by atoms with Crippen molar-refractivity contribution in [2.24, 2.45) is 5.92 Å². The highest BCUT2D eigenvalue weighted by molar-refractivity contribution is 6.03. The van der Waals surface area contributed by atoms with Gasteiger partial charge in [0.25, 0.3) is 0 Å². The minimum absolute atomic E-state index is 0.00323. The molecule has 2 amide bonds. The Morgan fingerprint density at radius 2 is 1.60 bits per heavy atom. The zero-order valence-electron chi connectivity index (χ0n) is 15.2. The SMILES string of the molecule is Cc1ccc(NC(=O)[C@@H]2CC(=O)N(c3ccc(C)c(C)c3)C2)cc1C. The number of nitrogens with zero attached hydrogens (tertiary/aromatic N) is 1. The number of rotatable bonds is 3. The van der Waals surface area contributed by atoms with E-state index in [0.717, 1.165) is 22.5 Å². The normalized spacial score (nSPS) is 17.0. The molecule has 1 atom stereocenters. The van der Waals surface area contributed by atoms with Crippen molar-refractivity contribution < 1.29 is 9.59 Å². The van der Waals surface area contributed by atoms with Crippen molar-refractivity contribution >= 4 is 23.2 Å². The molecule has 0 spiro atoms. The molecular weight excluding hydrogens is 312 g/mol. The minimum atomic E-state index is -0.323. The van der Waals surface area contributed by atoms with E-state index in [-0.39, 0.29) is 24.2 Å². The maximum atomic E-state index is 12.6. The minimum Gasteiger partial charge on any atom is -0.326 e. The third-order valence-electron chi connectivity index (χ3n) is 5.07. The summed E-state index contributed by atoms with van der Waals surface area (Å²) in [5.74, 6) is -0.415. The smallest absolute Gasteiger partial charge is 0.229 e. The summed E-state index contributed by atoms with van der Waals surface area (Å²) in [6, 6.07) is 11.8. The first-order valence-corrected chi connectivity index (χ1v) is 8.61. The fourth-order valence-corrected chi connectivity index (χ4v) is 3.09. The van der Waals surface area contributed by atoms with Crippen LogP contribution in [0, 0.1) is 33.6 Å². The van der Waals surface area contributed by atoms with Crippen molar-refractivity contribution in [3.63, 3.8) is 0 Å². The molecule has 0 aliphatic carbocycles. The zero-order valence-corrected chi connectivity index (χ0v) is 15.2. The lowest BCUT2D eigenvalue weighted by Crippen LogP contribution is -2.28. The molecule has 1 saturated heterocycles. The predicted octanol–water partition coefficient (Wildman–Crippen LogP) is 3.91. The van der Waals surface area contributed by atoms with Gasteiger partial charge >= 0.3 is 0 Å². The second-order valence-electron chi connectivity index (χ2n) is 6.96. The molecule has 0 unspecified atom stereocenters. The van der Waals surface area contributed by atoms with Gasteiger partial charge in [-0.1, -0.05) is 12.1 Å². The van der Waals surface area contributed by atoms with Crippen molar-refractivity contribution in [1.82, 2.24) is 0 Å². The predicted molar refractivity (Wildman–Crippen MR) is 101 cm³/mol. The molecule has 2 aromatic carbocycles. The van der Waals surface area contributed by atoms with Gasteiger partial charge < -0.3 is 10.2 Å². The summed E-state index contributed by atoms with van der Waals surface area (Å²) in [4.78, 5) is 26.7. The van der Waals surface area contributed by atoms with Crippen LogP contribution in [0.3, 0.4) is 0 Å². The number of aryl methyl sites for hydroxylation is 4. The van der Waals surface area contributed by atoms with E-state index in [4.69, 9.17) is 0 Å². The van der Waals surface area contributed by atoms with Crippen molar-refractivity contribution in [1.29, 1.82) is 0 Å². The van der Waals surface area contributed by atoms with Crippen LogP contribution in [0.2, 0.25) is 0 Å². The topological polar surface area (TPSA) is 49.4 Å². The zero-order chi connectivity index (χ0) is 18.1. The summed E-state index contributed by atoms with van der Waals surface area (Å²) < 4.78 is 0. The van der Waals surface area contributed by atoms with Crippen LogP contribution >= 0.6 is 0 Å². The van der Waals surface area contributed by atoms with E-state index in [0.29, 0.717) is 6.54 Å². The van der Waals surface area contributed by atoms with Gasteiger partial charge in [0.15, 0.2) is 0 Å². The van der Waals surface area contributed by atoms with Gasteiger partial charge in [-0.05, 0) is 74.2 Å². The second-order valence-corrected chi connectivity index (χ2v) is 6.96. The Bertz CT molecular complexity index is 842. The largest absolute Gasteiger partial charge is 0.326 e. The number of hydrogen-bond acceptors (Lipinski definition) is 2. The van der Waals surface area contributed by atoms with Crippen molar-refractivity contribution in [3.05, 3.63) is 58.7 Å². The quantitative estimate of drug-likeness (QED) is 0.924. The molecule has 0 bridgehead atoms. The van der Waals surface area contributed by atoms with Crippen LogP contribution in [-0.4, -0.2) is 18.4 Å². The average Bonchev–Trinajstić information content (AvgIpc) is 2.95. The van der Waals surface area contributed by atoms with E-state index >= 15 is 0 Å². The summed E-state index contributed by atoms with van der Waals surface area (Å²) in [5, 5.41) is 2.95. The summed E-state index contributed by atoms with van der Waals surface area (Å²) >= 11 is 0. The van der Waals surface area contributed by atoms with Gasteiger partial charge in [0.05, 0.1) is 5.92 Å². The van der Waals surface area contributed by atoms with Crippen molar-refractivity contribution in [2.45, 2.75) is 34.1 Å². The maximum Gasteiger partial charge on any atom is 0.229 e. The molecule has 0 saturated carbocycles. The maximum absolute atomic E-state index is 12.6. The van der Waals surface area contributed by atoms with E-state index in [1.165, 1.54) is 11.1 Å². The van der Waals surface area contributed by atoms with Crippen LogP contribution < -0.4 is 10.2 Å². The van der Waals surface area contributed by atoms with E-state index < -0.39 is 0 Å². The van der Waals surface area contributed by atoms with Crippen molar-refractivity contribution in [2.75, 3.05) is 16.8 Å². The molecule has 4 heteroatoms. The monoisotopic (exact) mass is 336 g/mol. The molecular formula is C21H24N2O2. The second kappa shape index (κ2) is 6.71. The Hall–Kier alpha value is -2.62. The molecule has 2 aromatic rings. The molecule has 1 heterocycles. The van der Waals surface area contributed by atoms with E-state index in [2.05, 4.69) is 5.32 Å². The lowest BCUT2D eigenvalue weighted by molar-refractivity contribution is -0.122. The van der Waals surface area contributed by atoms with Crippen LogP contribution in [0.4, 0.5) is 11.4 Å². The molecule has 0 aromatic heterocycles. The number of carbonyl (C=O) groups is 2. The average molecular weight is 336 g/mol. The lowest BCUT2D eigenvalue weighted by Gasteiger charge is -2.18. The first kappa shape index (κ1) is 17.2. The van der Waals surface area contributed by atoms with Crippen LogP contribution in [-0.2, 0) is 9.59 Å². The molecule has 1 aliphatic rings. The molecule has 3 rings (SSSR count). The Labute approximate surface area is 148 Å². The molecule has 4 nitrogen and oxygen atoms in total. The Morgan fingerprint density at radius 3 is 2.24 bits per heavy atom. The number of anilines is 2. The summed E-state index contributed by atoms with van der Waals surface area (Å²) in [5.41, 5.74) is 6.32. The van der Waals surface area contributed by atoms with E-state index in [9.17, 15) is 9.59 Å². The van der Waals surface area contributed by atoms with Gasteiger partial charge in [-0.15, -0.1) is 0 Å². The van der Waals surface area contributed by atoms with Gasteiger partial charge in [-0.25, -0.2) is 0 Å². The molecule has 1 N–H and O–H groups in total. The van der Waals surface area contributed by atoms with Crippen LogP contribution in [0.5, 0.6) is 0 Å². The van der Waals surface area contributed by atoms with E-state index in [1.54, 1.807) is 4.90 Å². The molecule has 1 fully saturated rings. The summed E-state index contributed by atoms with van der Waals surface area (Å²) in [6.45, 7) is 8.57. The van der Waals surface area contributed by atoms with Gasteiger partial charge in [0.2, 0.25) is 11.8 Å². The Morgan fingerprint density at radius 1 is 0.960 bits per heavy atom. The van der Waals surface area contributed by atoms with Gasteiger partial charge in [-0.2, -0.15) is 0 Å². The first-order chi connectivity index (χ1) is 11.8. The number of carbonyl (C=O) groups excluding carboxylic acids is 2. The van der Waals surface area contributed by atoms with Gasteiger partial charge in [0.1, 0.15) is 0 Å². The van der Waals surface area contributed by atoms with Crippen LogP contribution in [0.1, 0.15) is 28.7 Å². The number of hydrogen-bond donors (Lipinski definition) is 1. The molecule has 0 radical (unpaired) electrons. The molecule has 1 aliphatic heterocycles. The third-order valence-corrected chi connectivity index (χ3v) is 5.07. The first-order valence-electron chi connectivity index (χ1n) is 8.61. The van der Waals surface area contributed by atoms with Gasteiger partial charge in [-0.3, -0.25) is 9.59 Å². The Balaban J connectivity index is 1.71. The molecule has 25 heavy (non-hydrogen) atoms. The van der Waals surface area contributed by atoms with E-state index in [1.807, 2.05) is 64.1 Å². The van der Waals surface area contributed by atoms with Crippen LogP contribution in [0.15, 0.2) is 36.4 Å². The summed E-state index contributed by atoms with van der Waals surface area (Å²) in [7, 11) is 0. The number of benzene rings is 2. The molecule has 130 valence electrons. The Kier molecular flexibility index (Phi) is 4.62. The lowest BCUT2D eigenvalue weighted by atomic mass is 10.1. The number of nitrogens with one attached hydrogen (secondary N) is 1. The highest BCUT2D eigenvalue weighted by Gasteiger charge is 2.35. The van der Waals surface area contributed by atoms with Gasteiger partial charge in [0, 0.05) is 24.3 Å².